The molecule has 4 aromatic rings. The first kappa shape index (κ1) is 13.6. The molecule has 0 bridgehead atoms. The van der Waals surface area contributed by atoms with Crippen LogP contribution in [0.1, 0.15) is 0 Å². The molecule has 23 heavy (non-hydrogen) atoms. The van der Waals surface area contributed by atoms with Crippen molar-refractivity contribution < 1.29 is 13.5 Å². The maximum atomic E-state index is 13.5. The van der Waals surface area contributed by atoms with Crippen molar-refractivity contribution in [1.82, 2.24) is 9.97 Å². The topological polar surface area (TPSA) is 35.0 Å². The lowest BCUT2D eigenvalue weighted by molar-refractivity contribution is 0.467. The maximum Gasteiger partial charge on any atom is 0.230 e. The Hall–Kier alpha value is -3.08. The highest BCUT2D eigenvalue weighted by molar-refractivity contribution is 5.85. The molecule has 0 aliphatic heterocycles. The second-order valence-electron chi connectivity index (χ2n) is 5.07. The molecule has 0 saturated heterocycles. The van der Waals surface area contributed by atoms with Gasteiger partial charge in [0.25, 0.3) is 0 Å². The summed E-state index contributed by atoms with van der Waals surface area (Å²) in [6.07, 6.45) is 1.26. The second kappa shape index (κ2) is 5.28. The van der Waals surface area contributed by atoms with Gasteiger partial charge in [0.15, 0.2) is 11.6 Å². The average Bonchev–Trinajstić information content (AvgIpc) is 2.56. The Labute approximate surface area is 130 Å². The molecule has 0 atom stereocenters. The molecular weight excluding hydrogens is 298 g/mol. The highest BCUT2D eigenvalue weighted by atomic mass is 19.2. The number of ether oxygens (including phenoxy) is 1. The van der Waals surface area contributed by atoms with Gasteiger partial charge in [-0.2, -0.15) is 0 Å². The van der Waals surface area contributed by atoms with E-state index in [2.05, 4.69) is 9.97 Å². The molecule has 0 fully saturated rings. The molecule has 0 spiro atoms. The number of rotatable bonds is 2. The lowest BCUT2D eigenvalue weighted by atomic mass is 10.1. The molecule has 0 aliphatic carbocycles. The lowest BCUT2D eigenvalue weighted by Gasteiger charge is -2.08. The zero-order valence-electron chi connectivity index (χ0n) is 11.8. The first-order chi connectivity index (χ1) is 11.2. The quantitative estimate of drug-likeness (QED) is 0.531. The summed E-state index contributed by atoms with van der Waals surface area (Å²) in [6.45, 7) is 0. The van der Waals surface area contributed by atoms with Gasteiger partial charge < -0.3 is 4.74 Å². The Morgan fingerprint density at radius 3 is 2.43 bits per heavy atom. The van der Waals surface area contributed by atoms with Crippen LogP contribution in [0.15, 0.2) is 60.9 Å². The predicted molar refractivity (Wildman–Crippen MR) is 83.5 cm³/mol. The molecule has 4 rings (SSSR count). The summed E-state index contributed by atoms with van der Waals surface area (Å²) in [5.74, 6) is -1.17. The Kier molecular flexibility index (Phi) is 3.12. The van der Waals surface area contributed by atoms with E-state index in [4.69, 9.17) is 4.74 Å². The fraction of sp³-hybridized carbons (Fsp3) is 0. The fourth-order valence-corrected chi connectivity index (χ4v) is 2.45. The number of benzene rings is 3. The van der Waals surface area contributed by atoms with E-state index in [1.807, 2.05) is 36.4 Å². The van der Waals surface area contributed by atoms with Crippen LogP contribution >= 0.6 is 0 Å². The number of halogens is 2. The van der Waals surface area contributed by atoms with Crippen molar-refractivity contribution in [3.63, 3.8) is 0 Å². The highest BCUT2D eigenvalue weighted by Crippen LogP contribution is 2.29. The Balaban J connectivity index is 1.80. The van der Waals surface area contributed by atoms with Crippen molar-refractivity contribution in [3.05, 3.63) is 72.6 Å². The molecule has 0 unspecified atom stereocenters. The van der Waals surface area contributed by atoms with Crippen molar-refractivity contribution in [3.8, 4) is 11.6 Å². The number of hydrogen-bond donors (Lipinski definition) is 0. The normalized spacial score (nSPS) is 11.0. The predicted octanol–water partition coefficient (Wildman–Crippen LogP) is 4.85. The van der Waals surface area contributed by atoms with Gasteiger partial charge in [0.1, 0.15) is 12.1 Å². The molecular formula is C18H10F2N2O. The van der Waals surface area contributed by atoms with Gasteiger partial charge >= 0.3 is 0 Å². The van der Waals surface area contributed by atoms with Crippen molar-refractivity contribution in [2.24, 2.45) is 0 Å². The van der Waals surface area contributed by atoms with Gasteiger partial charge in [0.05, 0.1) is 10.9 Å². The van der Waals surface area contributed by atoms with Gasteiger partial charge in [0.2, 0.25) is 5.88 Å². The van der Waals surface area contributed by atoms with E-state index in [0.717, 1.165) is 22.9 Å². The standard InChI is InChI=1S/C18H10F2N2O/c19-15-8-14-17(9-16(15)20)21-10-22-18(14)23-13-6-5-11-3-1-2-4-12(11)7-13/h1-10H. The first-order valence-electron chi connectivity index (χ1n) is 6.97. The van der Waals surface area contributed by atoms with Gasteiger partial charge in [-0.05, 0) is 29.0 Å². The summed E-state index contributed by atoms with van der Waals surface area (Å²) < 4.78 is 32.5. The van der Waals surface area contributed by atoms with Gasteiger partial charge in [-0.15, -0.1) is 0 Å². The summed E-state index contributed by atoms with van der Waals surface area (Å²) in [6, 6.07) is 15.5. The van der Waals surface area contributed by atoms with Crippen LogP contribution in [0.4, 0.5) is 8.78 Å². The molecule has 1 aromatic heterocycles. The minimum absolute atomic E-state index is 0.184. The lowest BCUT2D eigenvalue weighted by Crippen LogP contribution is -1.94. The molecule has 0 radical (unpaired) electrons. The molecule has 0 saturated carbocycles. The third-order valence-corrected chi connectivity index (χ3v) is 3.58. The zero-order chi connectivity index (χ0) is 15.8. The minimum atomic E-state index is -0.962. The van der Waals surface area contributed by atoms with E-state index >= 15 is 0 Å². The maximum absolute atomic E-state index is 13.5. The van der Waals surface area contributed by atoms with Gasteiger partial charge in [0, 0.05) is 6.07 Å². The monoisotopic (exact) mass is 308 g/mol. The van der Waals surface area contributed by atoms with Crippen LogP contribution in [0.2, 0.25) is 0 Å². The van der Waals surface area contributed by atoms with Crippen molar-refractivity contribution in [1.29, 1.82) is 0 Å². The number of aromatic nitrogens is 2. The van der Waals surface area contributed by atoms with Gasteiger partial charge in [-0.1, -0.05) is 30.3 Å². The average molecular weight is 308 g/mol. The van der Waals surface area contributed by atoms with E-state index in [9.17, 15) is 8.78 Å². The van der Waals surface area contributed by atoms with E-state index in [1.54, 1.807) is 6.07 Å². The van der Waals surface area contributed by atoms with Crippen LogP contribution in [-0.2, 0) is 0 Å². The second-order valence-corrected chi connectivity index (χ2v) is 5.07. The van der Waals surface area contributed by atoms with Crippen LogP contribution in [0.3, 0.4) is 0 Å². The largest absolute Gasteiger partial charge is 0.438 e. The Morgan fingerprint density at radius 1 is 0.783 bits per heavy atom. The van der Waals surface area contributed by atoms with Crippen LogP contribution in [0, 0.1) is 11.6 Å². The van der Waals surface area contributed by atoms with Crippen molar-refractivity contribution in [2.45, 2.75) is 0 Å². The summed E-state index contributed by atoms with van der Waals surface area (Å²) in [4.78, 5) is 7.97. The van der Waals surface area contributed by atoms with Crippen LogP contribution < -0.4 is 4.74 Å². The van der Waals surface area contributed by atoms with E-state index < -0.39 is 11.6 Å². The molecule has 112 valence electrons. The number of fused-ring (bicyclic) bond motifs is 2. The molecule has 3 nitrogen and oxygen atoms in total. The molecule has 3 aromatic carbocycles. The van der Waals surface area contributed by atoms with Crippen LogP contribution in [0.25, 0.3) is 21.7 Å². The zero-order valence-corrected chi connectivity index (χ0v) is 11.8. The molecule has 0 aliphatic rings. The molecule has 5 heteroatoms. The van der Waals surface area contributed by atoms with Crippen LogP contribution in [-0.4, -0.2) is 9.97 Å². The Bertz CT molecular complexity index is 1030. The smallest absolute Gasteiger partial charge is 0.230 e. The van der Waals surface area contributed by atoms with Crippen molar-refractivity contribution in [2.75, 3.05) is 0 Å². The first-order valence-corrected chi connectivity index (χ1v) is 6.97. The Morgan fingerprint density at radius 2 is 1.57 bits per heavy atom. The molecule has 0 amide bonds. The third-order valence-electron chi connectivity index (χ3n) is 3.58. The third kappa shape index (κ3) is 2.46. The van der Waals surface area contributed by atoms with E-state index in [-0.39, 0.29) is 11.4 Å². The van der Waals surface area contributed by atoms with Crippen molar-refractivity contribution >= 4 is 21.7 Å². The summed E-state index contributed by atoms with van der Waals surface area (Å²) in [5, 5.41) is 2.42. The SMILES string of the molecule is Fc1cc2ncnc(Oc3ccc4ccccc4c3)c2cc1F. The fourth-order valence-electron chi connectivity index (χ4n) is 2.45. The van der Waals surface area contributed by atoms with E-state index in [1.165, 1.54) is 6.33 Å². The van der Waals surface area contributed by atoms with E-state index in [0.29, 0.717) is 11.1 Å². The van der Waals surface area contributed by atoms with Gasteiger partial charge in [-0.3, -0.25) is 0 Å². The molecule has 1 heterocycles. The summed E-state index contributed by atoms with van der Waals surface area (Å²) in [5.41, 5.74) is 0.287. The summed E-state index contributed by atoms with van der Waals surface area (Å²) in [7, 11) is 0. The number of hydrogen-bond acceptors (Lipinski definition) is 3. The molecule has 0 N–H and O–H groups in total. The number of nitrogens with zero attached hydrogens (tertiary/aromatic N) is 2. The van der Waals surface area contributed by atoms with Crippen LogP contribution in [0.5, 0.6) is 11.6 Å². The minimum Gasteiger partial charge on any atom is -0.438 e. The van der Waals surface area contributed by atoms with Gasteiger partial charge in [-0.25, -0.2) is 18.7 Å². The summed E-state index contributed by atoms with van der Waals surface area (Å²) >= 11 is 0. The highest BCUT2D eigenvalue weighted by Gasteiger charge is 2.11.